The fourth-order valence-electron chi connectivity index (χ4n) is 2.69. The predicted octanol–water partition coefficient (Wildman–Crippen LogP) is 3.19. The van der Waals surface area contributed by atoms with Crippen molar-refractivity contribution in [1.29, 1.82) is 0 Å². The van der Waals surface area contributed by atoms with Crippen molar-refractivity contribution in [3.63, 3.8) is 0 Å². The molecule has 3 nitrogen and oxygen atoms in total. The molecule has 1 aromatic carbocycles. The average molecular weight is 297 g/mol. The first-order valence-corrected chi connectivity index (χ1v) is 7.86. The van der Waals surface area contributed by atoms with Crippen molar-refractivity contribution in [3.8, 4) is 0 Å². The fraction of sp³-hybridized carbons (Fsp3) is 0.625. The minimum Gasteiger partial charge on any atom is -0.390 e. The molecule has 0 bridgehead atoms. The molecule has 1 aromatic rings. The Morgan fingerprint density at radius 1 is 1.35 bits per heavy atom. The van der Waals surface area contributed by atoms with Gasteiger partial charge >= 0.3 is 0 Å². The van der Waals surface area contributed by atoms with Gasteiger partial charge in [-0.3, -0.25) is 0 Å². The van der Waals surface area contributed by atoms with Gasteiger partial charge in [-0.1, -0.05) is 24.6 Å². The van der Waals surface area contributed by atoms with Gasteiger partial charge < -0.3 is 15.3 Å². The Morgan fingerprint density at radius 2 is 2.15 bits per heavy atom. The summed E-state index contributed by atoms with van der Waals surface area (Å²) in [5.74, 6) is 0. The lowest BCUT2D eigenvalue weighted by atomic mass is 9.98. The van der Waals surface area contributed by atoms with Crippen LogP contribution in [0.4, 0.5) is 5.69 Å². The number of nitrogens with zero attached hydrogens (tertiary/aromatic N) is 1. The zero-order valence-corrected chi connectivity index (χ0v) is 13.2. The molecule has 2 N–H and O–H groups in total. The molecule has 0 amide bonds. The van der Waals surface area contributed by atoms with Crippen LogP contribution >= 0.6 is 11.6 Å². The van der Waals surface area contributed by atoms with Gasteiger partial charge in [0.2, 0.25) is 0 Å². The summed E-state index contributed by atoms with van der Waals surface area (Å²) in [5, 5.41) is 14.3. The van der Waals surface area contributed by atoms with Crippen LogP contribution in [0.1, 0.15) is 38.7 Å². The first-order chi connectivity index (χ1) is 9.52. The topological polar surface area (TPSA) is 35.5 Å². The van der Waals surface area contributed by atoms with Gasteiger partial charge in [-0.05, 0) is 50.4 Å². The number of rotatable bonds is 4. The summed E-state index contributed by atoms with van der Waals surface area (Å²) in [7, 11) is 0. The molecule has 20 heavy (non-hydrogen) atoms. The molecule has 4 heteroatoms. The molecule has 1 unspecified atom stereocenters. The first kappa shape index (κ1) is 15.6. The van der Waals surface area contributed by atoms with Crippen LogP contribution in [0, 0.1) is 0 Å². The van der Waals surface area contributed by atoms with Gasteiger partial charge in [-0.2, -0.15) is 0 Å². The second-order valence-electron chi connectivity index (χ2n) is 5.90. The third-order valence-corrected chi connectivity index (χ3v) is 4.30. The zero-order chi connectivity index (χ0) is 14.6. The number of hydrogen-bond donors (Lipinski definition) is 2. The molecule has 1 aliphatic rings. The van der Waals surface area contributed by atoms with E-state index in [9.17, 15) is 5.11 Å². The molecule has 0 aliphatic carbocycles. The van der Waals surface area contributed by atoms with Gasteiger partial charge in [0.25, 0.3) is 0 Å². The van der Waals surface area contributed by atoms with E-state index in [4.69, 9.17) is 11.6 Å². The summed E-state index contributed by atoms with van der Waals surface area (Å²) < 4.78 is 0. The Bertz CT molecular complexity index is 448. The summed E-state index contributed by atoms with van der Waals surface area (Å²) in [5.41, 5.74) is 1.76. The average Bonchev–Trinajstić information content (AvgIpc) is 2.58. The number of hydrogen-bond acceptors (Lipinski definition) is 3. The smallest absolute Gasteiger partial charge is 0.0642 e. The third-order valence-electron chi connectivity index (χ3n) is 4.00. The van der Waals surface area contributed by atoms with E-state index in [1.807, 2.05) is 13.0 Å². The normalized spacial score (nSPS) is 23.7. The second-order valence-corrected chi connectivity index (χ2v) is 6.31. The molecule has 0 saturated carbocycles. The van der Waals surface area contributed by atoms with Crippen molar-refractivity contribution < 1.29 is 5.11 Å². The van der Waals surface area contributed by atoms with E-state index < -0.39 is 5.60 Å². The lowest BCUT2D eigenvalue weighted by Gasteiger charge is -2.25. The molecule has 1 fully saturated rings. The second kappa shape index (κ2) is 6.79. The maximum absolute atomic E-state index is 10.2. The number of nitrogens with one attached hydrogen (secondary N) is 1. The van der Waals surface area contributed by atoms with Crippen LogP contribution < -0.4 is 10.2 Å². The maximum Gasteiger partial charge on any atom is 0.0642 e. The van der Waals surface area contributed by atoms with Gasteiger partial charge in [0.15, 0.2) is 0 Å². The maximum atomic E-state index is 10.2. The summed E-state index contributed by atoms with van der Waals surface area (Å²) in [6.07, 6.45) is 2.66. The van der Waals surface area contributed by atoms with Gasteiger partial charge in [0, 0.05) is 19.6 Å². The first-order valence-electron chi connectivity index (χ1n) is 7.48. The highest BCUT2D eigenvalue weighted by atomic mass is 35.5. The zero-order valence-electron chi connectivity index (χ0n) is 12.5. The van der Waals surface area contributed by atoms with Crippen molar-refractivity contribution >= 4 is 17.3 Å². The molecule has 1 atom stereocenters. The Labute approximate surface area is 126 Å². The number of aliphatic hydroxyl groups is 1. The monoisotopic (exact) mass is 296 g/mol. The van der Waals surface area contributed by atoms with E-state index in [0.29, 0.717) is 0 Å². The minimum absolute atomic E-state index is 0.536. The van der Waals surface area contributed by atoms with Gasteiger partial charge in [-0.15, -0.1) is 0 Å². The standard InChI is InChI=1S/C16H25ClN2O/c1-3-18-12-13-5-6-15(14(17)11-13)19-9-4-7-16(2,20)8-10-19/h5-6,11,18,20H,3-4,7-10,12H2,1-2H3. The van der Waals surface area contributed by atoms with E-state index >= 15 is 0 Å². The van der Waals surface area contributed by atoms with Crippen molar-refractivity contribution in [2.75, 3.05) is 24.5 Å². The van der Waals surface area contributed by atoms with Crippen molar-refractivity contribution in [1.82, 2.24) is 5.32 Å². The molecule has 112 valence electrons. The van der Waals surface area contributed by atoms with Gasteiger partial charge in [0.05, 0.1) is 16.3 Å². The SMILES string of the molecule is CCNCc1ccc(N2CCCC(C)(O)CC2)c(Cl)c1. The third kappa shape index (κ3) is 4.11. The molecule has 2 rings (SSSR count). The Balaban J connectivity index is 2.08. The fourth-order valence-corrected chi connectivity index (χ4v) is 3.01. The summed E-state index contributed by atoms with van der Waals surface area (Å²) in [4.78, 5) is 2.29. The molecule has 0 radical (unpaired) electrons. The number of anilines is 1. The molecule has 0 aromatic heterocycles. The summed E-state index contributed by atoms with van der Waals surface area (Å²) in [6, 6.07) is 6.28. The molecule has 1 heterocycles. The molecular weight excluding hydrogens is 272 g/mol. The Hall–Kier alpha value is -0.770. The van der Waals surface area contributed by atoms with E-state index in [1.54, 1.807) is 0 Å². The van der Waals surface area contributed by atoms with Crippen LogP contribution in [0.15, 0.2) is 18.2 Å². The predicted molar refractivity (Wildman–Crippen MR) is 85.5 cm³/mol. The molecular formula is C16H25ClN2O. The lowest BCUT2D eigenvalue weighted by Crippen LogP contribution is -2.28. The van der Waals surface area contributed by atoms with Crippen molar-refractivity contribution in [3.05, 3.63) is 28.8 Å². The quantitative estimate of drug-likeness (QED) is 0.896. The van der Waals surface area contributed by atoms with Crippen molar-refractivity contribution in [2.45, 2.75) is 45.3 Å². The Kier molecular flexibility index (Phi) is 5.30. The largest absolute Gasteiger partial charge is 0.390 e. The highest BCUT2D eigenvalue weighted by Gasteiger charge is 2.25. The van der Waals surface area contributed by atoms with Crippen LogP contribution in [0.5, 0.6) is 0 Å². The number of halogens is 1. The van der Waals surface area contributed by atoms with E-state index in [0.717, 1.165) is 56.2 Å². The summed E-state index contributed by atoms with van der Waals surface area (Å²) >= 11 is 6.43. The van der Waals surface area contributed by atoms with Crippen LogP contribution in [0.25, 0.3) is 0 Å². The molecule has 1 aliphatic heterocycles. The van der Waals surface area contributed by atoms with Gasteiger partial charge in [-0.25, -0.2) is 0 Å². The molecule has 0 spiro atoms. The van der Waals surface area contributed by atoms with E-state index in [1.165, 1.54) is 5.56 Å². The minimum atomic E-state index is -0.536. The summed E-state index contributed by atoms with van der Waals surface area (Å²) in [6.45, 7) is 7.66. The number of benzene rings is 1. The van der Waals surface area contributed by atoms with Crippen molar-refractivity contribution in [2.24, 2.45) is 0 Å². The molecule has 1 saturated heterocycles. The highest BCUT2D eigenvalue weighted by Crippen LogP contribution is 2.31. The highest BCUT2D eigenvalue weighted by molar-refractivity contribution is 6.33. The lowest BCUT2D eigenvalue weighted by molar-refractivity contribution is 0.0481. The van der Waals surface area contributed by atoms with E-state index in [-0.39, 0.29) is 0 Å². The van der Waals surface area contributed by atoms with Gasteiger partial charge in [0.1, 0.15) is 0 Å². The Morgan fingerprint density at radius 3 is 2.85 bits per heavy atom. The van der Waals surface area contributed by atoms with Crippen LogP contribution in [-0.4, -0.2) is 30.3 Å². The van der Waals surface area contributed by atoms with Crippen LogP contribution in [-0.2, 0) is 6.54 Å². The van der Waals surface area contributed by atoms with Crippen LogP contribution in [0.3, 0.4) is 0 Å². The van der Waals surface area contributed by atoms with Crippen LogP contribution in [0.2, 0.25) is 5.02 Å². The van der Waals surface area contributed by atoms with E-state index in [2.05, 4.69) is 29.3 Å².